The molecule has 0 aliphatic rings. The number of carboxylic acids is 1. The molecule has 0 fully saturated rings. The summed E-state index contributed by atoms with van der Waals surface area (Å²) in [4.78, 5) is 21.5. The van der Waals surface area contributed by atoms with E-state index in [1.807, 2.05) is 4.83 Å². The minimum absolute atomic E-state index is 1.11. The van der Waals surface area contributed by atoms with Crippen LogP contribution in [0.2, 0.25) is 0 Å². The molecule has 0 rings (SSSR count). The highest BCUT2D eigenvalue weighted by atomic mass is 79.9. The molecular weight excluding hydrogens is 176 g/mol. The molecule has 0 spiro atoms. The van der Waals surface area contributed by atoms with Gasteiger partial charge >= 0.3 is 11.8 Å². The van der Waals surface area contributed by atoms with E-state index in [-0.39, 0.29) is 0 Å². The second kappa shape index (κ2) is 3.22. The number of Topliss-reactive ketones (excluding diaryl/α,β-unsaturated/α-hetero) is 1. The van der Waals surface area contributed by atoms with Gasteiger partial charge in [0.25, 0.3) is 0 Å². The molecule has 0 aromatic rings. The first-order valence-corrected chi connectivity index (χ1v) is 2.36. The van der Waals surface area contributed by atoms with Gasteiger partial charge in [0.15, 0.2) is 0 Å². The number of ketones is 1. The first-order chi connectivity index (χ1) is 3.68. The second-order valence-electron chi connectivity index (χ2n) is 0.854. The number of aliphatic carboxylic acids is 1. The van der Waals surface area contributed by atoms with Crippen LogP contribution in [0, 0.1) is 10.8 Å². The number of halogens is 1. The lowest BCUT2D eigenvalue weighted by Gasteiger charge is -1.73. The summed E-state index contributed by atoms with van der Waals surface area (Å²) in [6.45, 7) is 0. The lowest BCUT2D eigenvalue weighted by molar-refractivity contribution is -0.146. The number of hydrogen-bond donors (Lipinski definition) is 1. The Hall–Kier alpha value is -0.820. The third kappa shape index (κ3) is 2.37. The number of hydrogen-bond acceptors (Lipinski definition) is 2. The molecule has 0 aromatic carbocycles. The smallest absolute Gasteiger partial charge is 0.385 e. The van der Waals surface area contributed by atoms with Gasteiger partial charge in [-0.05, 0) is 10.8 Å². The predicted octanol–water partition coefficient (Wildman–Crippen LogP) is -0.00410. The van der Waals surface area contributed by atoms with Crippen LogP contribution in [0.1, 0.15) is 0 Å². The molecule has 1 N–H and O–H groups in total. The first kappa shape index (κ1) is 7.18. The van der Waals surface area contributed by atoms with Crippen molar-refractivity contribution in [3.63, 3.8) is 0 Å². The van der Waals surface area contributed by atoms with Crippen LogP contribution in [0.25, 0.3) is 0 Å². The van der Waals surface area contributed by atoms with Crippen molar-refractivity contribution in [2.45, 2.75) is 0 Å². The highest BCUT2D eigenvalue weighted by molar-refractivity contribution is 9.12. The van der Waals surface area contributed by atoms with E-state index in [4.69, 9.17) is 5.11 Å². The van der Waals surface area contributed by atoms with Crippen molar-refractivity contribution in [1.29, 1.82) is 0 Å². The summed E-state index contributed by atoms with van der Waals surface area (Å²) in [5, 5.41) is 7.84. The van der Waals surface area contributed by atoms with Crippen LogP contribution >= 0.6 is 15.9 Å². The Labute approximate surface area is 53.8 Å². The summed E-state index contributed by atoms with van der Waals surface area (Å²) in [5.41, 5.74) is 0. The highest BCUT2D eigenvalue weighted by Gasteiger charge is 2.04. The maximum atomic E-state index is 9.94. The van der Waals surface area contributed by atoms with E-state index >= 15 is 0 Å². The number of carbonyl (C=O) groups excluding carboxylic acids is 1. The Morgan fingerprint density at radius 2 is 2.00 bits per heavy atom. The zero-order chi connectivity index (χ0) is 6.57. The maximum Gasteiger partial charge on any atom is 0.385 e. The fourth-order valence-electron chi connectivity index (χ4n) is 0.0964. The molecule has 0 unspecified atom stereocenters. The Balaban J connectivity index is 3.99. The van der Waals surface area contributed by atoms with E-state index in [2.05, 4.69) is 15.9 Å². The van der Waals surface area contributed by atoms with E-state index in [1.54, 1.807) is 5.92 Å². The quantitative estimate of drug-likeness (QED) is 0.452. The fraction of sp³-hybridized carbons (Fsp3) is 0. The normalized spacial score (nSPS) is 6.62. The Morgan fingerprint density at radius 1 is 1.50 bits per heavy atom. The average molecular weight is 177 g/mol. The van der Waals surface area contributed by atoms with E-state index in [1.165, 1.54) is 0 Å². The number of carboxylic acid groups (broad SMARTS) is 1. The number of carbonyl (C=O) groups is 2. The van der Waals surface area contributed by atoms with Crippen molar-refractivity contribution in [2.24, 2.45) is 0 Å². The largest absolute Gasteiger partial charge is 0.475 e. The van der Waals surface area contributed by atoms with Gasteiger partial charge < -0.3 is 5.11 Å². The monoisotopic (exact) mass is 176 g/mol. The van der Waals surface area contributed by atoms with E-state index in [0.29, 0.717) is 0 Å². The molecule has 0 atom stereocenters. The van der Waals surface area contributed by atoms with Crippen LogP contribution in [-0.4, -0.2) is 16.9 Å². The molecule has 0 saturated heterocycles. The molecule has 0 aliphatic carbocycles. The van der Waals surface area contributed by atoms with Gasteiger partial charge in [-0.25, -0.2) is 4.79 Å². The fourth-order valence-corrected chi connectivity index (χ4v) is 0.276. The van der Waals surface area contributed by atoms with E-state index < -0.39 is 11.8 Å². The van der Waals surface area contributed by atoms with Crippen LogP contribution in [0.15, 0.2) is 0 Å². The average Bonchev–Trinajstić information content (AvgIpc) is 1.67. The van der Waals surface area contributed by atoms with Gasteiger partial charge in [-0.15, -0.1) is 0 Å². The van der Waals surface area contributed by atoms with Crippen molar-refractivity contribution in [2.75, 3.05) is 0 Å². The molecule has 0 radical (unpaired) electrons. The van der Waals surface area contributed by atoms with E-state index in [0.717, 1.165) is 0 Å². The van der Waals surface area contributed by atoms with Crippen LogP contribution in [0.4, 0.5) is 0 Å². The molecular formula is C4HBrO3. The van der Waals surface area contributed by atoms with Gasteiger partial charge in [0.05, 0.1) is 0 Å². The van der Waals surface area contributed by atoms with Gasteiger partial charge in [-0.2, -0.15) is 0 Å². The third-order valence-electron chi connectivity index (χ3n) is 0.355. The molecule has 0 heterocycles. The summed E-state index contributed by atoms with van der Waals surface area (Å²) in [6, 6.07) is 0. The van der Waals surface area contributed by atoms with Crippen LogP contribution in [0.5, 0.6) is 0 Å². The molecule has 0 amide bonds. The topological polar surface area (TPSA) is 54.4 Å². The summed E-state index contributed by atoms with van der Waals surface area (Å²) in [5.74, 6) is -0.867. The molecule has 4 heteroatoms. The van der Waals surface area contributed by atoms with Crippen LogP contribution in [0.3, 0.4) is 0 Å². The lowest BCUT2D eigenvalue weighted by atomic mass is 10.4. The SMILES string of the molecule is O=C(O)C(=O)C#CBr. The molecule has 0 bridgehead atoms. The van der Waals surface area contributed by atoms with Gasteiger partial charge in [-0.1, -0.05) is 0 Å². The molecule has 0 saturated carbocycles. The van der Waals surface area contributed by atoms with E-state index in [9.17, 15) is 9.59 Å². The highest BCUT2D eigenvalue weighted by Crippen LogP contribution is 1.72. The van der Waals surface area contributed by atoms with Gasteiger partial charge in [-0.3, -0.25) is 4.79 Å². The molecule has 8 heavy (non-hydrogen) atoms. The van der Waals surface area contributed by atoms with Crippen molar-refractivity contribution in [3.8, 4) is 10.8 Å². The minimum atomic E-state index is -1.53. The van der Waals surface area contributed by atoms with Crippen molar-refractivity contribution in [3.05, 3.63) is 0 Å². The lowest BCUT2D eigenvalue weighted by Crippen LogP contribution is -2.08. The van der Waals surface area contributed by atoms with Gasteiger partial charge in [0.2, 0.25) is 0 Å². The summed E-state index contributed by atoms with van der Waals surface area (Å²) in [6.07, 6.45) is 0. The summed E-state index contributed by atoms with van der Waals surface area (Å²) in [7, 11) is 0. The zero-order valence-electron chi connectivity index (χ0n) is 3.64. The first-order valence-electron chi connectivity index (χ1n) is 1.57. The van der Waals surface area contributed by atoms with Crippen LogP contribution < -0.4 is 0 Å². The second-order valence-corrected chi connectivity index (χ2v) is 1.25. The maximum absolute atomic E-state index is 9.94. The Morgan fingerprint density at radius 3 is 2.12 bits per heavy atom. The molecule has 0 aliphatic heterocycles. The predicted molar refractivity (Wildman–Crippen MR) is 29.3 cm³/mol. The molecule has 3 nitrogen and oxygen atoms in total. The standard InChI is InChI=1S/C4HBrO3/c5-2-1-3(6)4(7)8/h(H,7,8). The summed E-state index contributed by atoms with van der Waals surface area (Å²) >= 11 is 2.57. The number of rotatable bonds is 1. The Bertz CT molecular complexity index is 173. The van der Waals surface area contributed by atoms with Gasteiger partial charge in [0, 0.05) is 15.9 Å². The molecule has 0 aromatic heterocycles. The zero-order valence-corrected chi connectivity index (χ0v) is 5.23. The van der Waals surface area contributed by atoms with Crippen molar-refractivity contribution >= 4 is 27.7 Å². The van der Waals surface area contributed by atoms with Crippen LogP contribution in [-0.2, 0) is 9.59 Å². The van der Waals surface area contributed by atoms with Gasteiger partial charge in [0.1, 0.15) is 0 Å². The minimum Gasteiger partial charge on any atom is -0.475 e. The summed E-state index contributed by atoms with van der Waals surface area (Å²) < 4.78 is 0. The third-order valence-corrected chi connectivity index (χ3v) is 0.553. The van der Waals surface area contributed by atoms with Crippen molar-refractivity contribution < 1.29 is 14.7 Å². The molecule has 42 valence electrons. The van der Waals surface area contributed by atoms with Crippen molar-refractivity contribution in [1.82, 2.24) is 0 Å². The Kier molecular flexibility index (Phi) is 2.89.